The molecule has 0 bridgehead atoms. The van der Waals surface area contributed by atoms with Gasteiger partial charge in [0, 0.05) is 5.92 Å². The van der Waals surface area contributed by atoms with Crippen molar-refractivity contribution in [3.63, 3.8) is 0 Å². The predicted molar refractivity (Wildman–Crippen MR) is 67.1 cm³/mol. The summed E-state index contributed by atoms with van der Waals surface area (Å²) in [7, 11) is 1.59. The van der Waals surface area contributed by atoms with E-state index in [4.69, 9.17) is 14.7 Å². The van der Waals surface area contributed by atoms with E-state index in [1.54, 1.807) is 14.0 Å². The smallest absolute Gasteiger partial charge is 0.323 e. The van der Waals surface area contributed by atoms with Crippen LogP contribution in [0.2, 0.25) is 0 Å². The number of esters is 1. The van der Waals surface area contributed by atoms with Crippen molar-refractivity contribution in [2.45, 2.75) is 19.8 Å². The number of carbonyl (C=O) groups excluding carboxylic acids is 1. The van der Waals surface area contributed by atoms with Crippen LogP contribution in [-0.2, 0) is 9.53 Å². The van der Waals surface area contributed by atoms with Gasteiger partial charge in [0.05, 0.1) is 19.8 Å². The summed E-state index contributed by atoms with van der Waals surface area (Å²) in [4.78, 5) is 11.6. The zero-order valence-corrected chi connectivity index (χ0v) is 10.8. The number of hydrogen-bond donors (Lipinski definition) is 0. The summed E-state index contributed by atoms with van der Waals surface area (Å²) in [6.45, 7) is 3.85. The number of rotatable bonds is 5. The number of nitriles is 1. The van der Waals surface area contributed by atoms with Crippen LogP contribution < -0.4 is 4.74 Å². The SMILES string of the molecule is CCOC(=O)C(C#N)C(C)c1ccc(OC)cc1. The summed E-state index contributed by atoms with van der Waals surface area (Å²) < 4.78 is 9.96. The Balaban J connectivity index is 2.86. The third-order valence-corrected chi connectivity index (χ3v) is 2.82. The molecule has 0 saturated heterocycles. The summed E-state index contributed by atoms with van der Waals surface area (Å²) in [6.07, 6.45) is 0. The highest BCUT2D eigenvalue weighted by atomic mass is 16.5. The first-order valence-corrected chi connectivity index (χ1v) is 5.84. The van der Waals surface area contributed by atoms with Crippen LogP contribution in [0.25, 0.3) is 0 Å². The third kappa shape index (κ3) is 3.24. The first-order valence-electron chi connectivity index (χ1n) is 5.84. The van der Waals surface area contributed by atoms with E-state index in [2.05, 4.69) is 0 Å². The van der Waals surface area contributed by atoms with E-state index < -0.39 is 11.9 Å². The molecule has 0 radical (unpaired) electrons. The van der Waals surface area contributed by atoms with Crippen molar-refractivity contribution in [3.8, 4) is 11.8 Å². The summed E-state index contributed by atoms with van der Waals surface area (Å²) in [6, 6.07) is 9.34. The minimum atomic E-state index is -0.779. The van der Waals surface area contributed by atoms with Crippen molar-refractivity contribution in [3.05, 3.63) is 29.8 Å². The molecule has 1 aromatic carbocycles. The Morgan fingerprint density at radius 1 is 1.39 bits per heavy atom. The average Bonchev–Trinajstić information content (AvgIpc) is 2.40. The third-order valence-electron chi connectivity index (χ3n) is 2.82. The molecular formula is C14H17NO3. The highest BCUT2D eigenvalue weighted by Gasteiger charge is 2.27. The Morgan fingerprint density at radius 3 is 2.44 bits per heavy atom. The first-order chi connectivity index (χ1) is 8.63. The summed E-state index contributed by atoms with van der Waals surface area (Å²) >= 11 is 0. The molecule has 0 spiro atoms. The molecule has 2 unspecified atom stereocenters. The maximum Gasteiger partial charge on any atom is 0.323 e. The van der Waals surface area contributed by atoms with Crippen molar-refractivity contribution < 1.29 is 14.3 Å². The van der Waals surface area contributed by atoms with Gasteiger partial charge in [-0.15, -0.1) is 0 Å². The molecule has 0 aliphatic rings. The molecule has 0 aliphatic heterocycles. The maximum atomic E-state index is 11.6. The minimum Gasteiger partial charge on any atom is -0.497 e. The molecule has 0 saturated carbocycles. The molecule has 1 aromatic rings. The fourth-order valence-corrected chi connectivity index (χ4v) is 1.70. The van der Waals surface area contributed by atoms with Gasteiger partial charge in [0.1, 0.15) is 5.75 Å². The second kappa shape index (κ2) is 6.65. The molecule has 0 N–H and O–H groups in total. The van der Waals surface area contributed by atoms with Crippen molar-refractivity contribution in [1.29, 1.82) is 5.26 Å². The molecule has 4 heteroatoms. The van der Waals surface area contributed by atoms with Crippen LogP contribution in [0.4, 0.5) is 0 Å². The minimum absolute atomic E-state index is 0.208. The van der Waals surface area contributed by atoms with E-state index in [1.165, 1.54) is 0 Å². The van der Waals surface area contributed by atoms with Crippen LogP contribution in [0.1, 0.15) is 25.3 Å². The van der Waals surface area contributed by atoms with Crippen LogP contribution in [0, 0.1) is 17.2 Å². The van der Waals surface area contributed by atoms with E-state index in [1.807, 2.05) is 37.3 Å². The van der Waals surface area contributed by atoms with Gasteiger partial charge >= 0.3 is 5.97 Å². The molecule has 2 atom stereocenters. The highest BCUT2D eigenvalue weighted by Crippen LogP contribution is 2.26. The summed E-state index contributed by atoms with van der Waals surface area (Å²) in [5.41, 5.74) is 0.912. The van der Waals surface area contributed by atoms with Gasteiger partial charge in [-0.3, -0.25) is 4.79 Å². The Bertz CT molecular complexity index is 433. The van der Waals surface area contributed by atoms with Crippen molar-refractivity contribution >= 4 is 5.97 Å². The van der Waals surface area contributed by atoms with Gasteiger partial charge in [-0.25, -0.2) is 0 Å². The Morgan fingerprint density at radius 2 is 2.00 bits per heavy atom. The largest absolute Gasteiger partial charge is 0.497 e. The Labute approximate surface area is 107 Å². The van der Waals surface area contributed by atoms with Gasteiger partial charge in [-0.05, 0) is 24.6 Å². The maximum absolute atomic E-state index is 11.6. The number of carbonyl (C=O) groups is 1. The molecule has 0 aliphatic carbocycles. The summed E-state index contributed by atoms with van der Waals surface area (Å²) in [5, 5.41) is 9.08. The fraction of sp³-hybridized carbons (Fsp3) is 0.429. The lowest BCUT2D eigenvalue weighted by Gasteiger charge is -2.16. The van der Waals surface area contributed by atoms with Gasteiger partial charge in [-0.1, -0.05) is 19.1 Å². The summed E-state index contributed by atoms with van der Waals surface area (Å²) in [5.74, 6) is -0.711. The number of methoxy groups -OCH3 is 1. The lowest BCUT2D eigenvalue weighted by Crippen LogP contribution is -2.21. The highest BCUT2D eigenvalue weighted by molar-refractivity contribution is 5.76. The zero-order chi connectivity index (χ0) is 13.5. The quantitative estimate of drug-likeness (QED) is 0.750. The molecular weight excluding hydrogens is 230 g/mol. The second-order valence-corrected chi connectivity index (χ2v) is 3.92. The topological polar surface area (TPSA) is 59.3 Å². The van der Waals surface area contributed by atoms with Crippen molar-refractivity contribution in [1.82, 2.24) is 0 Å². The average molecular weight is 247 g/mol. The Hall–Kier alpha value is -2.02. The second-order valence-electron chi connectivity index (χ2n) is 3.92. The van der Waals surface area contributed by atoms with E-state index in [0.717, 1.165) is 11.3 Å². The molecule has 96 valence electrons. The van der Waals surface area contributed by atoms with Gasteiger partial charge < -0.3 is 9.47 Å². The number of hydrogen-bond acceptors (Lipinski definition) is 4. The van der Waals surface area contributed by atoms with Crippen LogP contribution in [-0.4, -0.2) is 19.7 Å². The number of ether oxygens (including phenoxy) is 2. The predicted octanol–water partition coefficient (Wildman–Crippen LogP) is 2.50. The monoisotopic (exact) mass is 247 g/mol. The first kappa shape index (κ1) is 14.0. The van der Waals surface area contributed by atoms with Gasteiger partial charge in [0.2, 0.25) is 0 Å². The molecule has 1 rings (SSSR count). The van der Waals surface area contributed by atoms with Crippen LogP contribution in [0.15, 0.2) is 24.3 Å². The molecule has 0 heterocycles. The van der Waals surface area contributed by atoms with Crippen LogP contribution in [0.3, 0.4) is 0 Å². The van der Waals surface area contributed by atoms with E-state index >= 15 is 0 Å². The molecule has 0 aromatic heterocycles. The van der Waals surface area contributed by atoms with Gasteiger partial charge in [-0.2, -0.15) is 5.26 Å². The fourth-order valence-electron chi connectivity index (χ4n) is 1.70. The lowest BCUT2D eigenvalue weighted by atomic mass is 9.88. The van der Waals surface area contributed by atoms with E-state index in [-0.39, 0.29) is 12.5 Å². The molecule has 18 heavy (non-hydrogen) atoms. The normalized spacial score (nSPS) is 13.2. The van der Waals surface area contributed by atoms with Gasteiger partial charge in [0.25, 0.3) is 0 Å². The van der Waals surface area contributed by atoms with Crippen molar-refractivity contribution in [2.24, 2.45) is 5.92 Å². The van der Waals surface area contributed by atoms with E-state index in [9.17, 15) is 4.79 Å². The van der Waals surface area contributed by atoms with Crippen LogP contribution >= 0.6 is 0 Å². The van der Waals surface area contributed by atoms with E-state index in [0.29, 0.717) is 0 Å². The van der Waals surface area contributed by atoms with Crippen molar-refractivity contribution in [2.75, 3.05) is 13.7 Å². The Kier molecular flexibility index (Phi) is 5.19. The number of benzene rings is 1. The molecule has 0 amide bonds. The van der Waals surface area contributed by atoms with Gasteiger partial charge in [0.15, 0.2) is 5.92 Å². The van der Waals surface area contributed by atoms with Crippen LogP contribution in [0.5, 0.6) is 5.75 Å². The molecule has 4 nitrogen and oxygen atoms in total. The number of nitrogens with zero attached hydrogens (tertiary/aromatic N) is 1. The lowest BCUT2D eigenvalue weighted by molar-refractivity contribution is -0.146. The standard InChI is InChI=1S/C14H17NO3/c1-4-18-14(16)13(9-15)10(2)11-5-7-12(17-3)8-6-11/h5-8,10,13H,4H2,1-3H3. The zero-order valence-electron chi connectivity index (χ0n) is 10.8. The molecule has 0 fully saturated rings.